The SMILES string of the molecule is CC(C)c1ccc([Si](C)(C)O[Si](C)(C)c2ccc(C(C)C)cc2)cc1. The van der Waals surface area contributed by atoms with E-state index in [0.29, 0.717) is 11.8 Å². The lowest BCUT2D eigenvalue weighted by molar-refractivity contribution is 0.573. The average Bonchev–Trinajstić information content (AvgIpc) is 2.54. The van der Waals surface area contributed by atoms with Gasteiger partial charge >= 0.3 is 0 Å². The van der Waals surface area contributed by atoms with Crippen LogP contribution in [0, 0.1) is 0 Å². The molecule has 0 spiro atoms. The first-order valence-electron chi connectivity index (χ1n) is 9.44. The molecule has 0 aliphatic carbocycles. The second-order valence-corrected chi connectivity index (χ2v) is 16.7. The summed E-state index contributed by atoms with van der Waals surface area (Å²) in [4.78, 5) is 0. The van der Waals surface area contributed by atoms with E-state index in [1.165, 1.54) is 21.5 Å². The topological polar surface area (TPSA) is 9.23 Å². The Bertz CT molecular complexity index is 621. The molecular weight excluding hydrogens is 336 g/mol. The van der Waals surface area contributed by atoms with Gasteiger partial charge in [-0.15, -0.1) is 0 Å². The summed E-state index contributed by atoms with van der Waals surface area (Å²) in [7, 11) is -3.86. The lowest BCUT2D eigenvalue weighted by Crippen LogP contribution is -2.57. The Labute approximate surface area is 156 Å². The van der Waals surface area contributed by atoms with Crippen LogP contribution in [-0.4, -0.2) is 16.6 Å². The van der Waals surface area contributed by atoms with Gasteiger partial charge in [-0.25, -0.2) is 0 Å². The molecule has 0 radical (unpaired) electrons. The molecule has 0 saturated heterocycles. The summed E-state index contributed by atoms with van der Waals surface area (Å²) in [5.74, 6) is 1.15. The van der Waals surface area contributed by atoms with Crippen LogP contribution >= 0.6 is 0 Å². The summed E-state index contributed by atoms with van der Waals surface area (Å²) in [6.07, 6.45) is 0. The Kier molecular flexibility index (Phi) is 6.13. The van der Waals surface area contributed by atoms with Crippen LogP contribution in [0.4, 0.5) is 0 Å². The number of hydrogen-bond acceptors (Lipinski definition) is 1. The third-order valence-corrected chi connectivity index (χ3v) is 12.6. The molecule has 2 aromatic rings. The standard InChI is InChI=1S/C22H34OSi2/c1-17(2)19-9-13-21(14-10-19)24(5,6)23-25(7,8)22-15-11-20(12-16-22)18(3)4/h9-18H,1-8H3. The third kappa shape index (κ3) is 4.93. The number of hydrogen-bond donors (Lipinski definition) is 0. The minimum Gasteiger partial charge on any atom is -0.449 e. The van der Waals surface area contributed by atoms with Gasteiger partial charge < -0.3 is 4.12 Å². The van der Waals surface area contributed by atoms with E-state index >= 15 is 0 Å². The van der Waals surface area contributed by atoms with Crippen LogP contribution < -0.4 is 10.4 Å². The van der Waals surface area contributed by atoms with E-state index in [4.69, 9.17) is 4.12 Å². The van der Waals surface area contributed by atoms with Gasteiger partial charge in [-0.05, 0) is 59.5 Å². The Morgan fingerprint density at radius 2 is 0.840 bits per heavy atom. The van der Waals surface area contributed by atoms with E-state index in [9.17, 15) is 0 Å². The van der Waals surface area contributed by atoms with Gasteiger partial charge in [-0.2, -0.15) is 0 Å². The van der Waals surface area contributed by atoms with Crippen molar-refractivity contribution in [1.29, 1.82) is 0 Å². The van der Waals surface area contributed by atoms with Crippen molar-refractivity contribution in [3.63, 3.8) is 0 Å². The Morgan fingerprint density at radius 3 is 1.08 bits per heavy atom. The molecule has 0 fully saturated rings. The lowest BCUT2D eigenvalue weighted by atomic mass is 10.0. The van der Waals surface area contributed by atoms with Crippen LogP contribution in [0.3, 0.4) is 0 Å². The second-order valence-electron chi connectivity index (χ2n) is 8.68. The fourth-order valence-corrected chi connectivity index (χ4v) is 11.3. The highest BCUT2D eigenvalue weighted by Gasteiger charge is 2.35. The molecule has 136 valence electrons. The highest BCUT2D eigenvalue weighted by Crippen LogP contribution is 2.19. The van der Waals surface area contributed by atoms with Crippen molar-refractivity contribution in [2.75, 3.05) is 0 Å². The Morgan fingerprint density at radius 1 is 0.560 bits per heavy atom. The molecule has 0 N–H and O–H groups in total. The molecule has 0 aliphatic rings. The molecule has 25 heavy (non-hydrogen) atoms. The van der Waals surface area contributed by atoms with Crippen LogP contribution in [0.15, 0.2) is 48.5 Å². The molecule has 0 amide bonds. The van der Waals surface area contributed by atoms with Crippen LogP contribution in [-0.2, 0) is 4.12 Å². The molecule has 1 nitrogen and oxygen atoms in total. The monoisotopic (exact) mass is 370 g/mol. The van der Waals surface area contributed by atoms with Crippen molar-refractivity contribution >= 4 is 27.0 Å². The maximum atomic E-state index is 6.88. The molecule has 0 atom stereocenters. The van der Waals surface area contributed by atoms with E-state index in [1.807, 2.05) is 0 Å². The zero-order valence-corrected chi connectivity index (χ0v) is 19.2. The van der Waals surface area contributed by atoms with E-state index in [0.717, 1.165) is 0 Å². The maximum absolute atomic E-state index is 6.88. The van der Waals surface area contributed by atoms with Crippen molar-refractivity contribution in [3.8, 4) is 0 Å². The predicted molar refractivity (Wildman–Crippen MR) is 116 cm³/mol. The first-order chi connectivity index (χ1) is 11.5. The molecule has 0 aliphatic heterocycles. The van der Waals surface area contributed by atoms with E-state index in [2.05, 4.69) is 102 Å². The van der Waals surface area contributed by atoms with Crippen molar-refractivity contribution in [3.05, 3.63) is 59.7 Å². The number of benzene rings is 2. The summed E-state index contributed by atoms with van der Waals surface area (Å²) >= 11 is 0. The zero-order chi connectivity index (χ0) is 18.8. The number of rotatable bonds is 6. The van der Waals surface area contributed by atoms with Gasteiger partial charge in [0.2, 0.25) is 16.6 Å². The van der Waals surface area contributed by atoms with Crippen LogP contribution in [0.1, 0.15) is 50.7 Å². The third-order valence-electron chi connectivity index (χ3n) is 5.06. The fraction of sp³-hybridized carbons (Fsp3) is 0.455. The fourth-order valence-electron chi connectivity index (χ4n) is 3.29. The summed E-state index contributed by atoms with van der Waals surface area (Å²) < 4.78 is 6.88. The van der Waals surface area contributed by atoms with Crippen LogP contribution in [0.5, 0.6) is 0 Å². The van der Waals surface area contributed by atoms with Gasteiger partial charge in [0.05, 0.1) is 0 Å². The summed E-state index contributed by atoms with van der Waals surface area (Å²) in [5.41, 5.74) is 2.80. The van der Waals surface area contributed by atoms with Gasteiger partial charge in [-0.1, -0.05) is 76.2 Å². The summed E-state index contributed by atoms with van der Waals surface area (Å²) in [5, 5.41) is 2.77. The van der Waals surface area contributed by atoms with Crippen LogP contribution in [0.25, 0.3) is 0 Å². The molecule has 0 aromatic heterocycles. The molecule has 0 heterocycles. The van der Waals surface area contributed by atoms with E-state index in [1.54, 1.807) is 0 Å². The molecule has 0 bridgehead atoms. The van der Waals surface area contributed by atoms with Gasteiger partial charge in [0.1, 0.15) is 0 Å². The predicted octanol–water partition coefficient (Wildman–Crippen LogP) is 5.47. The molecule has 2 rings (SSSR count). The van der Waals surface area contributed by atoms with E-state index in [-0.39, 0.29) is 0 Å². The van der Waals surface area contributed by atoms with Crippen LogP contribution in [0.2, 0.25) is 26.2 Å². The minimum atomic E-state index is -1.93. The first kappa shape index (κ1) is 20.1. The average molecular weight is 371 g/mol. The molecular formula is C22H34OSi2. The maximum Gasteiger partial charge on any atom is 0.206 e. The smallest absolute Gasteiger partial charge is 0.206 e. The van der Waals surface area contributed by atoms with E-state index < -0.39 is 16.6 Å². The van der Waals surface area contributed by atoms with Gasteiger partial charge in [-0.3, -0.25) is 0 Å². The summed E-state index contributed by atoms with van der Waals surface area (Å²) in [6.45, 7) is 18.3. The Balaban J connectivity index is 2.22. The molecule has 0 saturated carbocycles. The quantitative estimate of drug-likeness (QED) is 0.612. The summed E-state index contributed by atoms with van der Waals surface area (Å²) in [6, 6.07) is 18.2. The highest BCUT2D eigenvalue weighted by molar-refractivity contribution is 6.96. The van der Waals surface area contributed by atoms with Crippen molar-refractivity contribution in [2.24, 2.45) is 0 Å². The van der Waals surface area contributed by atoms with Crippen molar-refractivity contribution < 1.29 is 4.12 Å². The first-order valence-corrected chi connectivity index (χ1v) is 15.3. The zero-order valence-electron chi connectivity index (χ0n) is 17.2. The lowest BCUT2D eigenvalue weighted by Gasteiger charge is -2.35. The normalized spacial score (nSPS) is 12.9. The Hall–Kier alpha value is -1.17. The van der Waals surface area contributed by atoms with Crippen molar-refractivity contribution in [2.45, 2.75) is 65.7 Å². The minimum absolute atomic E-state index is 0.574. The highest BCUT2D eigenvalue weighted by atomic mass is 28.4. The van der Waals surface area contributed by atoms with Gasteiger partial charge in [0, 0.05) is 0 Å². The molecule has 3 heteroatoms. The van der Waals surface area contributed by atoms with Gasteiger partial charge in [0.25, 0.3) is 0 Å². The van der Waals surface area contributed by atoms with Gasteiger partial charge in [0.15, 0.2) is 0 Å². The van der Waals surface area contributed by atoms with Crippen molar-refractivity contribution in [1.82, 2.24) is 0 Å². The second kappa shape index (κ2) is 7.60. The molecule has 0 unspecified atom stereocenters. The molecule has 2 aromatic carbocycles. The largest absolute Gasteiger partial charge is 0.449 e.